The summed E-state index contributed by atoms with van der Waals surface area (Å²) in [4.78, 5) is 11.6. The summed E-state index contributed by atoms with van der Waals surface area (Å²) in [7, 11) is -3.98. The van der Waals surface area contributed by atoms with Crippen molar-refractivity contribution in [2.75, 3.05) is 13.1 Å². The first kappa shape index (κ1) is 15.2. The van der Waals surface area contributed by atoms with Crippen molar-refractivity contribution in [2.24, 2.45) is 0 Å². The molecule has 0 bridgehead atoms. The number of piperazine rings is 1. The van der Waals surface area contributed by atoms with Crippen LogP contribution in [0.1, 0.15) is 13.8 Å². The molecule has 5 nitrogen and oxygen atoms in total. The maximum Gasteiger partial charge on any atom is 0.245 e. The lowest BCUT2D eigenvalue weighted by Gasteiger charge is -2.39. The van der Waals surface area contributed by atoms with Crippen molar-refractivity contribution < 1.29 is 17.6 Å². The Hall–Kier alpha value is -1.18. The van der Waals surface area contributed by atoms with Crippen LogP contribution in [0.15, 0.2) is 23.1 Å². The molecule has 0 radical (unpaired) electrons. The lowest BCUT2D eigenvalue weighted by atomic mass is 10.0. The third kappa shape index (κ3) is 2.41. The average molecular weight is 321 g/mol. The number of nitrogens with one attached hydrogen (secondary N) is 1. The number of carbonyl (C=O) groups is 1. The van der Waals surface area contributed by atoms with Crippen LogP contribution in [0.3, 0.4) is 0 Å². The van der Waals surface area contributed by atoms with E-state index in [1.807, 2.05) is 0 Å². The Labute approximate surface area is 121 Å². The van der Waals surface area contributed by atoms with Gasteiger partial charge in [0.2, 0.25) is 15.9 Å². The third-order valence-electron chi connectivity index (χ3n) is 3.24. The van der Waals surface area contributed by atoms with Crippen LogP contribution in [-0.4, -0.2) is 37.3 Å². The van der Waals surface area contributed by atoms with Crippen LogP contribution < -0.4 is 5.32 Å². The van der Waals surface area contributed by atoms with E-state index in [1.165, 1.54) is 13.8 Å². The lowest BCUT2D eigenvalue weighted by molar-refractivity contribution is -0.131. The van der Waals surface area contributed by atoms with E-state index in [0.29, 0.717) is 0 Å². The molecule has 1 amide bonds. The monoisotopic (exact) mass is 320 g/mol. The molecule has 0 unspecified atom stereocenters. The standard InChI is InChI=1S/C12H14ClFN2O3S/c1-12(2)11(17)15-5-6-16(12)20(18,19)10-4-3-8(14)7-9(10)13/h3-4,7H,5-6H2,1-2H3,(H,15,17). The number of rotatable bonds is 2. The van der Waals surface area contributed by atoms with E-state index < -0.39 is 21.4 Å². The molecular weight excluding hydrogens is 307 g/mol. The molecule has 0 aromatic heterocycles. The van der Waals surface area contributed by atoms with Gasteiger partial charge in [0, 0.05) is 13.1 Å². The number of carbonyl (C=O) groups excluding carboxylic acids is 1. The number of nitrogens with zero attached hydrogens (tertiary/aromatic N) is 1. The lowest BCUT2D eigenvalue weighted by Crippen LogP contribution is -2.63. The predicted molar refractivity (Wildman–Crippen MR) is 72.4 cm³/mol. The van der Waals surface area contributed by atoms with Crippen LogP contribution in [0.2, 0.25) is 5.02 Å². The Bertz CT molecular complexity index is 661. The summed E-state index contributed by atoms with van der Waals surface area (Å²) in [5.74, 6) is -1.00. The van der Waals surface area contributed by atoms with Gasteiger partial charge in [0.15, 0.2) is 0 Å². The minimum absolute atomic E-state index is 0.134. The molecule has 1 N–H and O–H groups in total. The Balaban J connectivity index is 2.52. The first-order chi connectivity index (χ1) is 9.17. The van der Waals surface area contributed by atoms with E-state index in [0.717, 1.165) is 22.5 Å². The zero-order chi connectivity index (χ0) is 15.1. The summed E-state index contributed by atoms with van der Waals surface area (Å²) in [5.41, 5.74) is -1.23. The highest BCUT2D eigenvalue weighted by molar-refractivity contribution is 7.89. The maximum absolute atomic E-state index is 13.0. The highest BCUT2D eigenvalue weighted by atomic mass is 35.5. The van der Waals surface area contributed by atoms with Crippen LogP contribution in [0, 0.1) is 5.82 Å². The van der Waals surface area contributed by atoms with Gasteiger partial charge in [0.25, 0.3) is 0 Å². The van der Waals surface area contributed by atoms with Crippen LogP contribution in [0.25, 0.3) is 0 Å². The zero-order valence-electron chi connectivity index (χ0n) is 11.0. The van der Waals surface area contributed by atoms with Gasteiger partial charge in [-0.3, -0.25) is 4.79 Å². The Morgan fingerprint density at radius 2 is 2.05 bits per heavy atom. The first-order valence-corrected chi connectivity index (χ1v) is 7.75. The average Bonchev–Trinajstić information content (AvgIpc) is 2.31. The highest BCUT2D eigenvalue weighted by Gasteiger charge is 2.45. The third-order valence-corrected chi connectivity index (χ3v) is 5.80. The summed E-state index contributed by atoms with van der Waals surface area (Å²) in [6, 6.07) is 3.07. The molecule has 2 rings (SSSR count). The Kier molecular flexibility index (Phi) is 3.79. The van der Waals surface area contributed by atoms with Gasteiger partial charge >= 0.3 is 0 Å². The van der Waals surface area contributed by atoms with Crippen molar-refractivity contribution in [3.05, 3.63) is 29.0 Å². The quantitative estimate of drug-likeness (QED) is 0.895. The summed E-state index contributed by atoms with van der Waals surface area (Å²) < 4.78 is 39.4. The van der Waals surface area contributed by atoms with Gasteiger partial charge in [-0.05, 0) is 32.0 Å². The number of halogens is 2. The van der Waals surface area contributed by atoms with Crippen molar-refractivity contribution >= 4 is 27.5 Å². The molecule has 1 aromatic carbocycles. The number of hydrogen-bond donors (Lipinski definition) is 1. The normalized spacial score (nSPS) is 19.7. The van der Waals surface area contributed by atoms with E-state index in [2.05, 4.69) is 5.32 Å². The van der Waals surface area contributed by atoms with Crippen molar-refractivity contribution in [1.29, 1.82) is 0 Å². The van der Waals surface area contributed by atoms with Gasteiger partial charge < -0.3 is 5.32 Å². The predicted octanol–water partition coefficient (Wildman–Crippen LogP) is 1.38. The highest BCUT2D eigenvalue weighted by Crippen LogP contribution is 2.30. The molecule has 0 spiro atoms. The van der Waals surface area contributed by atoms with Gasteiger partial charge in [0.05, 0.1) is 5.02 Å². The fourth-order valence-corrected chi connectivity index (χ4v) is 4.36. The molecule has 20 heavy (non-hydrogen) atoms. The Morgan fingerprint density at radius 3 is 2.65 bits per heavy atom. The van der Waals surface area contributed by atoms with E-state index in [1.54, 1.807) is 0 Å². The second-order valence-corrected chi connectivity index (χ2v) is 7.20. The first-order valence-electron chi connectivity index (χ1n) is 5.93. The Morgan fingerprint density at radius 1 is 1.40 bits per heavy atom. The number of benzene rings is 1. The zero-order valence-corrected chi connectivity index (χ0v) is 12.6. The number of amides is 1. The molecule has 110 valence electrons. The number of sulfonamides is 1. The van der Waals surface area contributed by atoms with Crippen molar-refractivity contribution in [2.45, 2.75) is 24.3 Å². The summed E-state index contributed by atoms with van der Waals surface area (Å²) in [5, 5.41) is 2.41. The van der Waals surface area contributed by atoms with Crippen molar-refractivity contribution in [3.8, 4) is 0 Å². The van der Waals surface area contributed by atoms with Crippen LogP contribution in [0.4, 0.5) is 4.39 Å². The molecule has 1 fully saturated rings. The molecule has 1 aromatic rings. The fourth-order valence-electron chi connectivity index (χ4n) is 2.10. The van der Waals surface area contributed by atoms with Gasteiger partial charge in [-0.2, -0.15) is 4.31 Å². The minimum Gasteiger partial charge on any atom is -0.353 e. The van der Waals surface area contributed by atoms with E-state index in [-0.39, 0.29) is 28.9 Å². The molecule has 0 saturated carbocycles. The maximum atomic E-state index is 13.0. The fraction of sp³-hybridized carbons (Fsp3) is 0.417. The SMILES string of the molecule is CC1(C)C(=O)NCCN1S(=O)(=O)c1ccc(F)cc1Cl. The van der Waals surface area contributed by atoms with E-state index in [4.69, 9.17) is 11.6 Å². The van der Waals surface area contributed by atoms with Gasteiger partial charge in [-0.25, -0.2) is 12.8 Å². The number of hydrogen-bond acceptors (Lipinski definition) is 3. The molecular formula is C12H14ClFN2O3S. The summed E-state index contributed by atoms with van der Waals surface area (Å²) in [6.07, 6.45) is 0. The topological polar surface area (TPSA) is 66.5 Å². The van der Waals surface area contributed by atoms with Gasteiger partial charge in [0.1, 0.15) is 16.3 Å². The second-order valence-electron chi connectivity index (χ2n) is 4.97. The van der Waals surface area contributed by atoms with Crippen molar-refractivity contribution in [1.82, 2.24) is 9.62 Å². The summed E-state index contributed by atoms with van der Waals surface area (Å²) >= 11 is 5.82. The molecule has 1 aliphatic heterocycles. The smallest absolute Gasteiger partial charge is 0.245 e. The minimum atomic E-state index is -3.98. The van der Waals surface area contributed by atoms with Gasteiger partial charge in [-0.15, -0.1) is 0 Å². The largest absolute Gasteiger partial charge is 0.353 e. The van der Waals surface area contributed by atoms with Crippen molar-refractivity contribution in [3.63, 3.8) is 0 Å². The molecule has 8 heteroatoms. The van der Waals surface area contributed by atoms with E-state index in [9.17, 15) is 17.6 Å². The molecule has 1 saturated heterocycles. The molecule has 0 aliphatic carbocycles. The molecule has 1 heterocycles. The molecule has 1 aliphatic rings. The second kappa shape index (κ2) is 4.98. The van der Waals surface area contributed by atoms with Crippen LogP contribution >= 0.6 is 11.6 Å². The van der Waals surface area contributed by atoms with Crippen LogP contribution in [-0.2, 0) is 14.8 Å². The van der Waals surface area contributed by atoms with E-state index >= 15 is 0 Å². The molecule has 0 atom stereocenters. The van der Waals surface area contributed by atoms with Crippen LogP contribution in [0.5, 0.6) is 0 Å². The summed E-state index contributed by atoms with van der Waals surface area (Å²) in [6.45, 7) is 3.38. The van der Waals surface area contributed by atoms with Gasteiger partial charge in [-0.1, -0.05) is 11.6 Å².